The van der Waals surface area contributed by atoms with Gasteiger partial charge in [0.1, 0.15) is 5.65 Å². The predicted molar refractivity (Wildman–Crippen MR) is 77.1 cm³/mol. The summed E-state index contributed by atoms with van der Waals surface area (Å²) < 4.78 is 2.12. The van der Waals surface area contributed by atoms with Gasteiger partial charge in [-0.1, -0.05) is 41.5 Å². The van der Waals surface area contributed by atoms with E-state index in [1.54, 1.807) is 0 Å². The van der Waals surface area contributed by atoms with E-state index in [1.807, 2.05) is 0 Å². The van der Waals surface area contributed by atoms with E-state index in [4.69, 9.17) is 4.98 Å². The molecule has 2 heteroatoms. The fourth-order valence-corrected chi connectivity index (χ4v) is 2.11. The van der Waals surface area contributed by atoms with Crippen LogP contribution in [0.5, 0.6) is 0 Å². The maximum absolute atomic E-state index is 4.74. The van der Waals surface area contributed by atoms with Crippen LogP contribution in [0.3, 0.4) is 0 Å². The molecule has 98 valence electrons. The first-order valence-electron chi connectivity index (χ1n) is 6.63. The van der Waals surface area contributed by atoms with Crippen LogP contribution in [0.2, 0.25) is 0 Å². The molecule has 2 aromatic rings. The molecule has 0 amide bonds. The van der Waals surface area contributed by atoms with Crippen molar-refractivity contribution in [1.82, 2.24) is 9.38 Å². The number of pyridine rings is 1. The Kier molecular flexibility index (Phi) is 3.00. The summed E-state index contributed by atoms with van der Waals surface area (Å²) in [6.07, 6.45) is 5.34. The lowest BCUT2D eigenvalue weighted by Crippen LogP contribution is -2.11. The lowest BCUT2D eigenvalue weighted by Gasteiger charge is -2.17. The molecule has 0 aliphatic rings. The summed E-state index contributed by atoms with van der Waals surface area (Å²) in [5, 5.41) is 0. The molecule has 0 aliphatic heterocycles. The van der Waals surface area contributed by atoms with E-state index >= 15 is 0 Å². The van der Waals surface area contributed by atoms with Gasteiger partial charge in [-0.2, -0.15) is 0 Å². The van der Waals surface area contributed by atoms with Crippen molar-refractivity contribution in [2.45, 2.75) is 53.4 Å². The second-order valence-corrected chi connectivity index (χ2v) is 7.41. The van der Waals surface area contributed by atoms with Crippen LogP contribution in [0.1, 0.15) is 52.8 Å². The molecule has 0 atom stereocenters. The van der Waals surface area contributed by atoms with E-state index in [0.29, 0.717) is 5.41 Å². The van der Waals surface area contributed by atoms with Crippen molar-refractivity contribution < 1.29 is 0 Å². The third kappa shape index (κ3) is 2.92. The van der Waals surface area contributed by atoms with Gasteiger partial charge in [0.05, 0.1) is 5.69 Å². The van der Waals surface area contributed by atoms with Gasteiger partial charge in [0.2, 0.25) is 0 Å². The summed E-state index contributed by atoms with van der Waals surface area (Å²) in [7, 11) is 0. The molecule has 2 nitrogen and oxygen atoms in total. The Hall–Kier alpha value is -1.31. The molecule has 2 heterocycles. The number of hydrogen-bond acceptors (Lipinski definition) is 1. The van der Waals surface area contributed by atoms with Crippen LogP contribution in [-0.2, 0) is 11.8 Å². The maximum Gasteiger partial charge on any atom is 0.137 e. The van der Waals surface area contributed by atoms with E-state index in [2.05, 4.69) is 70.5 Å². The molecule has 0 fully saturated rings. The Bertz CT molecular complexity index is 550. The van der Waals surface area contributed by atoms with Crippen LogP contribution in [0, 0.1) is 5.41 Å². The molecule has 0 bridgehead atoms. The molecule has 0 aliphatic carbocycles. The van der Waals surface area contributed by atoms with Gasteiger partial charge >= 0.3 is 0 Å². The summed E-state index contributed by atoms with van der Waals surface area (Å²) in [6.45, 7) is 13.4. The molecule has 0 saturated heterocycles. The van der Waals surface area contributed by atoms with Gasteiger partial charge in [-0.05, 0) is 29.5 Å². The summed E-state index contributed by atoms with van der Waals surface area (Å²) in [6, 6.07) is 4.41. The zero-order chi connectivity index (χ0) is 13.6. The van der Waals surface area contributed by atoms with Crippen molar-refractivity contribution >= 4 is 5.65 Å². The van der Waals surface area contributed by atoms with Crippen molar-refractivity contribution in [2.75, 3.05) is 0 Å². The van der Waals surface area contributed by atoms with E-state index < -0.39 is 0 Å². The van der Waals surface area contributed by atoms with E-state index in [1.165, 1.54) is 5.56 Å². The first-order valence-corrected chi connectivity index (χ1v) is 6.63. The highest BCUT2D eigenvalue weighted by Crippen LogP contribution is 2.24. The number of aromatic nitrogens is 2. The summed E-state index contributed by atoms with van der Waals surface area (Å²) in [5.74, 6) is 0. The minimum absolute atomic E-state index is 0.107. The maximum atomic E-state index is 4.74. The molecule has 0 unspecified atom stereocenters. The molecule has 0 N–H and O–H groups in total. The highest BCUT2D eigenvalue weighted by atomic mass is 15.0. The third-order valence-electron chi connectivity index (χ3n) is 3.03. The number of hydrogen-bond donors (Lipinski definition) is 0. The SMILES string of the molecule is CC(C)(C)Cc1ccn2cc(C(C)(C)C)nc2c1. The third-order valence-corrected chi connectivity index (χ3v) is 3.03. The number of imidazole rings is 1. The molecule has 2 aromatic heterocycles. The summed E-state index contributed by atoms with van der Waals surface area (Å²) in [5.41, 5.74) is 3.99. The Labute approximate surface area is 110 Å². The quantitative estimate of drug-likeness (QED) is 0.734. The van der Waals surface area contributed by atoms with E-state index in [0.717, 1.165) is 17.8 Å². The highest BCUT2D eigenvalue weighted by Gasteiger charge is 2.18. The molecule has 2 rings (SSSR count). The number of nitrogens with zero attached hydrogens (tertiary/aromatic N) is 2. The molecular weight excluding hydrogens is 220 g/mol. The Morgan fingerprint density at radius 1 is 1.11 bits per heavy atom. The summed E-state index contributed by atoms with van der Waals surface area (Å²) in [4.78, 5) is 4.74. The second kappa shape index (κ2) is 4.11. The van der Waals surface area contributed by atoms with Gasteiger partial charge in [0, 0.05) is 17.8 Å². The minimum Gasteiger partial charge on any atom is -0.307 e. The van der Waals surface area contributed by atoms with E-state index in [9.17, 15) is 0 Å². The fraction of sp³-hybridized carbons (Fsp3) is 0.562. The zero-order valence-corrected chi connectivity index (χ0v) is 12.4. The molecule has 0 saturated carbocycles. The predicted octanol–water partition coefficient (Wildman–Crippen LogP) is 4.22. The van der Waals surface area contributed by atoms with E-state index in [-0.39, 0.29) is 5.41 Å². The highest BCUT2D eigenvalue weighted by molar-refractivity contribution is 5.44. The monoisotopic (exact) mass is 244 g/mol. The molecule has 0 radical (unpaired) electrons. The second-order valence-electron chi connectivity index (χ2n) is 7.41. The average molecular weight is 244 g/mol. The van der Waals surface area contributed by atoms with Crippen molar-refractivity contribution in [1.29, 1.82) is 0 Å². The molecule has 0 aromatic carbocycles. The normalized spacial score (nSPS) is 13.2. The van der Waals surface area contributed by atoms with Gasteiger partial charge in [0.25, 0.3) is 0 Å². The fourth-order valence-electron chi connectivity index (χ4n) is 2.11. The van der Waals surface area contributed by atoms with Crippen LogP contribution in [-0.4, -0.2) is 9.38 Å². The van der Waals surface area contributed by atoms with Gasteiger partial charge in [-0.25, -0.2) is 4.98 Å². The van der Waals surface area contributed by atoms with Crippen LogP contribution < -0.4 is 0 Å². The number of fused-ring (bicyclic) bond motifs is 1. The summed E-state index contributed by atoms with van der Waals surface area (Å²) >= 11 is 0. The first kappa shape index (κ1) is 13.1. The van der Waals surface area contributed by atoms with Crippen molar-refractivity contribution in [3.05, 3.63) is 35.8 Å². The average Bonchev–Trinajstić information content (AvgIpc) is 2.57. The minimum atomic E-state index is 0.107. The lowest BCUT2D eigenvalue weighted by molar-refractivity contribution is 0.411. The van der Waals surface area contributed by atoms with Crippen LogP contribution >= 0.6 is 0 Å². The van der Waals surface area contributed by atoms with Gasteiger partial charge < -0.3 is 4.40 Å². The van der Waals surface area contributed by atoms with Crippen molar-refractivity contribution in [3.63, 3.8) is 0 Å². The topological polar surface area (TPSA) is 17.3 Å². The Morgan fingerprint density at radius 3 is 2.33 bits per heavy atom. The van der Waals surface area contributed by atoms with Gasteiger partial charge in [-0.3, -0.25) is 0 Å². The number of rotatable bonds is 1. The van der Waals surface area contributed by atoms with Crippen LogP contribution in [0.25, 0.3) is 5.65 Å². The molecule has 0 spiro atoms. The van der Waals surface area contributed by atoms with Crippen LogP contribution in [0.4, 0.5) is 0 Å². The Balaban J connectivity index is 2.40. The molecular formula is C16H24N2. The van der Waals surface area contributed by atoms with Crippen molar-refractivity contribution in [3.8, 4) is 0 Å². The lowest BCUT2D eigenvalue weighted by atomic mass is 9.88. The van der Waals surface area contributed by atoms with Crippen molar-refractivity contribution in [2.24, 2.45) is 5.41 Å². The first-order chi connectivity index (χ1) is 8.15. The van der Waals surface area contributed by atoms with Gasteiger partial charge in [0.15, 0.2) is 0 Å². The Morgan fingerprint density at radius 2 is 1.78 bits per heavy atom. The largest absolute Gasteiger partial charge is 0.307 e. The standard InChI is InChI=1S/C16H24N2/c1-15(2,3)10-12-7-8-18-11-13(16(4,5)6)17-14(18)9-12/h7-9,11H,10H2,1-6H3. The smallest absolute Gasteiger partial charge is 0.137 e. The van der Waals surface area contributed by atoms with Gasteiger partial charge in [-0.15, -0.1) is 0 Å². The van der Waals surface area contributed by atoms with Crippen LogP contribution in [0.15, 0.2) is 24.5 Å². The zero-order valence-electron chi connectivity index (χ0n) is 12.4. The molecule has 18 heavy (non-hydrogen) atoms.